The van der Waals surface area contributed by atoms with Crippen LogP contribution in [-0.2, 0) is 6.42 Å². The molecule has 0 spiro atoms. The van der Waals surface area contributed by atoms with E-state index in [1.165, 1.54) is 45.1 Å². The predicted octanol–water partition coefficient (Wildman–Crippen LogP) is 4.10. The summed E-state index contributed by atoms with van der Waals surface area (Å²) in [5, 5.41) is 5.77. The number of nitrogens with one attached hydrogen (secondary N) is 1. The molecule has 2 unspecified atom stereocenters. The molecule has 1 aromatic rings. The van der Waals surface area contributed by atoms with Crippen LogP contribution < -0.4 is 5.32 Å². The van der Waals surface area contributed by atoms with Gasteiger partial charge in [-0.05, 0) is 55.6 Å². The first-order chi connectivity index (χ1) is 8.40. The third-order valence-corrected chi connectivity index (χ3v) is 4.92. The highest BCUT2D eigenvalue weighted by atomic mass is 32.1. The molecule has 0 bridgehead atoms. The van der Waals surface area contributed by atoms with E-state index < -0.39 is 0 Å². The minimum Gasteiger partial charge on any atom is -0.317 e. The van der Waals surface area contributed by atoms with Gasteiger partial charge in [0.25, 0.3) is 0 Å². The van der Waals surface area contributed by atoms with E-state index in [0.29, 0.717) is 0 Å². The van der Waals surface area contributed by atoms with Gasteiger partial charge in [-0.15, -0.1) is 11.3 Å². The zero-order chi connectivity index (χ0) is 11.9. The summed E-state index contributed by atoms with van der Waals surface area (Å²) < 4.78 is 0. The first kappa shape index (κ1) is 13.1. The minimum atomic E-state index is 0.902. The SMILES string of the molecule is CCNCC1CCCCCC1Cc1cccs1. The molecular weight excluding hydrogens is 226 g/mol. The maximum atomic E-state index is 3.56. The molecule has 2 heteroatoms. The van der Waals surface area contributed by atoms with E-state index in [0.717, 1.165) is 18.4 Å². The molecule has 0 aromatic carbocycles. The quantitative estimate of drug-likeness (QED) is 0.777. The first-order valence-corrected chi connectivity index (χ1v) is 8.01. The van der Waals surface area contributed by atoms with Crippen LogP contribution in [-0.4, -0.2) is 13.1 Å². The van der Waals surface area contributed by atoms with Gasteiger partial charge in [-0.1, -0.05) is 32.3 Å². The van der Waals surface area contributed by atoms with Gasteiger partial charge in [0.1, 0.15) is 0 Å². The van der Waals surface area contributed by atoms with E-state index in [2.05, 4.69) is 29.8 Å². The molecule has 0 saturated heterocycles. The van der Waals surface area contributed by atoms with Gasteiger partial charge >= 0.3 is 0 Å². The highest BCUT2D eigenvalue weighted by Crippen LogP contribution is 2.32. The van der Waals surface area contributed by atoms with Crippen molar-refractivity contribution in [3.8, 4) is 0 Å². The molecule has 17 heavy (non-hydrogen) atoms. The predicted molar refractivity (Wildman–Crippen MR) is 76.6 cm³/mol. The summed E-state index contributed by atoms with van der Waals surface area (Å²) in [6.45, 7) is 4.56. The highest BCUT2D eigenvalue weighted by molar-refractivity contribution is 7.09. The molecule has 1 heterocycles. The van der Waals surface area contributed by atoms with Gasteiger partial charge in [0.2, 0.25) is 0 Å². The normalized spacial score (nSPS) is 25.7. The van der Waals surface area contributed by atoms with Crippen molar-refractivity contribution in [3.63, 3.8) is 0 Å². The van der Waals surface area contributed by atoms with Crippen molar-refractivity contribution >= 4 is 11.3 Å². The van der Waals surface area contributed by atoms with Gasteiger partial charge in [-0.2, -0.15) is 0 Å². The smallest absolute Gasteiger partial charge is 0.00480 e. The Kier molecular flexibility index (Phi) is 5.53. The first-order valence-electron chi connectivity index (χ1n) is 7.13. The van der Waals surface area contributed by atoms with Crippen LogP contribution in [0.4, 0.5) is 0 Å². The second-order valence-corrected chi connectivity index (χ2v) is 6.28. The van der Waals surface area contributed by atoms with E-state index in [1.54, 1.807) is 4.88 Å². The Morgan fingerprint density at radius 3 is 2.76 bits per heavy atom. The Bertz CT molecular complexity index is 294. The summed E-state index contributed by atoms with van der Waals surface area (Å²) in [5.74, 6) is 1.81. The molecule has 0 radical (unpaired) electrons. The van der Waals surface area contributed by atoms with Crippen molar-refractivity contribution in [2.75, 3.05) is 13.1 Å². The Hall–Kier alpha value is -0.340. The molecule has 2 atom stereocenters. The van der Waals surface area contributed by atoms with Crippen LogP contribution >= 0.6 is 11.3 Å². The largest absolute Gasteiger partial charge is 0.317 e. The van der Waals surface area contributed by atoms with Crippen LogP contribution in [0.15, 0.2) is 17.5 Å². The van der Waals surface area contributed by atoms with Crippen LogP contribution in [0.5, 0.6) is 0 Å². The number of rotatable bonds is 5. The molecule has 1 nitrogen and oxygen atoms in total. The number of hydrogen-bond donors (Lipinski definition) is 1. The number of thiophene rings is 1. The third kappa shape index (κ3) is 4.11. The second kappa shape index (κ2) is 7.17. The monoisotopic (exact) mass is 251 g/mol. The lowest BCUT2D eigenvalue weighted by Crippen LogP contribution is -2.28. The van der Waals surface area contributed by atoms with Crippen LogP contribution in [0, 0.1) is 11.8 Å². The van der Waals surface area contributed by atoms with Crippen LogP contribution in [0.1, 0.15) is 43.9 Å². The van der Waals surface area contributed by atoms with Gasteiger partial charge in [0.15, 0.2) is 0 Å². The Labute approximate surface area is 110 Å². The van der Waals surface area contributed by atoms with E-state index in [9.17, 15) is 0 Å². The fourth-order valence-corrected chi connectivity index (χ4v) is 3.81. The van der Waals surface area contributed by atoms with Crippen molar-refractivity contribution in [1.29, 1.82) is 0 Å². The Balaban J connectivity index is 1.93. The number of hydrogen-bond acceptors (Lipinski definition) is 2. The lowest BCUT2D eigenvalue weighted by molar-refractivity contribution is 0.301. The molecule has 1 fully saturated rings. The average molecular weight is 251 g/mol. The summed E-state index contributed by atoms with van der Waals surface area (Å²) in [6, 6.07) is 4.50. The van der Waals surface area contributed by atoms with E-state index in [4.69, 9.17) is 0 Å². The molecule has 1 aromatic heterocycles. The summed E-state index contributed by atoms with van der Waals surface area (Å²) in [7, 11) is 0. The lowest BCUT2D eigenvalue weighted by Gasteiger charge is -2.25. The summed E-state index contributed by atoms with van der Waals surface area (Å²) >= 11 is 1.93. The van der Waals surface area contributed by atoms with Crippen LogP contribution in [0.2, 0.25) is 0 Å². The zero-order valence-electron chi connectivity index (χ0n) is 11.0. The summed E-state index contributed by atoms with van der Waals surface area (Å²) in [4.78, 5) is 1.58. The van der Waals surface area contributed by atoms with Crippen molar-refractivity contribution < 1.29 is 0 Å². The van der Waals surface area contributed by atoms with Gasteiger partial charge < -0.3 is 5.32 Å². The van der Waals surface area contributed by atoms with Gasteiger partial charge in [0.05, 0.1) is 0 Å². The zero-order valence-corrected chi connectivity index (χ0v) is 11.8. The van der Waals surface area contributed by atoms with E-state index >= 15 is 0 Å². The average Bonchev–Trinajstić information content (AvgIpc) is 2.74. The Morgan fingerprint density at radius 2 is 2.06 bits per heavy atom. The van der Waals surface area contributed by atoms with E-state index in [1.807, 2.05) is 11.3 Å². The van der Waals surface area contributed by atoms with Gasteiger partial charge in [-0.3, -0.25) is 0 Å². The fraction of sp³-hybridized carbons (Fsp3) is 0.733. The molecule has 1 aliphatic carbocycles. The molecule has 1 N–H and O–H groups in total. The standard InChI is InChI=1S/C15H25NS/c1-2-16-12-14-8-5-3-4-7-13(14)11-15-9-6-10-17-15/h6,9-10,13-14,16H,2-5,7-8,11-12H2,1H3. The topological polar surface area (TPSA) is 12.0 Å². The molecule has 0 amide bonds. The van der Waals surface area contributed by atoms with Gasteiger partial charge in [0, 0.05) is 4.88 Å². The molecule has 0 aliphatic heterocycles. The van der Waals surface area contributed by atoms with Crippen molar-refractivity contribution in [3.05, 3.63) is 22.4 Å². The van der Waals surface area contributed by atoms with Crippen LogP contribution in [0.25, 0.3) is 0 Å². The Morgan fingerprint density at radius 1 is 1.24 bits per heavy atom. The maximum absolute atomic E-state index is 3.56. The summed E-state index contributed by atoms with van der Waals surface area (Å²) in [5.41, 5.74) is 0. The molecule has 1 saturated carbocycles. The molecule has 1 aliphatic rings. The molecule has 2 rings (SSSR count). The minimum absolute atomic E-state index is 0.902. The molecular formula is C15H25NS. The summed E-state index contributed by atoms with van der Waals surface area (Å²) in [6.07, 6.45) is 8.52. The fourth-order valence-electron chi connectivity index (χ4n) is 3.02. The van der Waals surface area contributed by atoms with Crippen molar-refractivity contribution in [2.45, 2.75) is 45.4 Å². The van der Waals surface area contributed by atoms with Crippen LogP contribution in [0.3, 0.4) is 0 Å². The van der Waals surface area contributed by atoms with Crippen molar-refractivity contribution in [1.82, 2.24) is 5.32 Å². The lowest BCUT2D eigenvalue weighted by atomic mass is 9.85. The third-order valence-electron chi connectivity index (χ3n) is 4.02. The van der Waals surface area contributed by atoms with Crippen molar-refractivity contribution in [2.24, 2.45) is 11.8 Å². The highest BCUT2D eigenvalue weighted by Gasteiger charge is 2.23. The molecule has 96 valence electrons. The maximum Gasteiger partial charge on any atom is 0.00480 e. The van der Waals surface area contributed by atoms with E-state index in [-0.39, 0.29) is 0 Å². The second-order valence-electron chi connectivity index (χ2n) is 5.25. The van der Waals surface area contributed by atoms with Gasteiger partial charge in [-0.25, -0.2) is 0 Å².